The van der Waals surface area contributed by atoms with Gasteiger partial charge in [0, 0.05) is 42.0 Å². The Kier molecular flexibility index (Phi) is 12.2. The maximum Gasteiger partial charge on any atom is 0.358 e. The quantitative estimate of drug-likeness (QED) is 0.0507. The van der Waals surface area contributed by atoms with Crippen LogP contribution in [0.1, 0.15) is 11.1 Å². The summed E-state index contributed by atoms with van der Waals surface area (Å²) in [5.74, 6) is -5.13. The van der Waals surface area contributed by atoms with Gasteiger partial charge in [-0.25, -0.2) is 19.6 Å². The molecule has 25 heteroatoms. The van der Waals surface area contributed by atoms with Crippen LogP contribution >= 0.6 is 0 Å². The molecule has 0 bridgehead atoms. The van der Waals surface area contributed by atoms with E-state index in [1.165, 1.54) is 48.8 Å². The number of carboxylic acid groups (broad SMARTS) is 2. The summed E-state index contributed by atoms with van der Waals surface area (Å²) in [5, 5.41) is 35.7. The molecule has 0 saturated carbocycles. The van der Waals surface area contributed by atoms with E-state index in [2.05, 4.69) is 41.2 Å². The van der Waals surface area contributed by atoms with Gasteiger partial charge in [0.05, 0.1) is 11.4 Å². The van der Waals surface area contributed by atoms with Crippen molar-refractivity contribution in [3.8, 4) is 0 Å². The van der Waals surface area contributed by atoms with Crippen LogP contribution in [0.25, 0.3) is 12.2 Å². The van der Waals surface area contributed by atoms with Gasteiger partial charge in [-0.15, -0.1) is 0 Å². The number of hydrogen-bond acceptors (Lipinski definition) is 16. The van der Waals surface area contributed by atoms with Crippen molar-refractivity contribution in [2.45, 2.75) is 9.79 Å². The molecule has 285 valence electrons. The molecule has 0 spiro atoms. The molecule has 6 N–H and O–H groups in total. The minimum absolute atomic E-state index is 0. The number of anilines is 4. The first-order chi connectivity index (χ1) is 26.5. The number of carbonyl (C=O) groups is 4. The summed E-state index contributed by atoms with van der Waals surface area (Å²) in [5.41, 5.74) is 1.21. The Bertz CT molecular complexity index is 2520. The van der Waals surface area contributed by atoms with Gasteiger partial charge < -0.3 is 10.2 Å². The molecule has 4 heterocycles. The van der Waals surface area contributed by atoms with E-state index in [9.17, 15) is 55.3 Å². The Morgan fingerprint density at radius 3 is 1.33 bits per heavy atom. The molecule has 0 fully saturated rings. The third-order valence-electron chi connectivity index (χ3n) is 7.40. The smallest absolute Gasteiger partial charge is 0.358 e. The van der Waals surface area contributed by atoms with Crippen LogP contribution < -0.4 is 20.9 Å². The molecule has 2 aromatic carbocycles. The first-order valence-electron chi connectivity index (χ1n) is 15.3. The Hall–Kier alpha value is -6.54. The maximum absolute atomic E-state index is 12.9. The number of benzene rings is 2. The summed E-state index contributed by atoms with van der Waals surface area (Å²) in [6.07, 6.45) is 4.85. The fourth-order valence-corrected chi connectivity index (χ4v) is 6.32. The van der Waals surface area contributed by atoms with Crippen LogP contribution in [0.2, 0.25) is 0 Å². The molecule has 0 aliphatic carbocycles. The second-order valence-electron chi connectivity index (χ2n) is 11.1. The predicted octanol–water partition coefficient (Wildman–Crippen LogP) is 1.27. The second kappa shape index (κ2) is 16.7. The van der Waals surface area contributed by atoms with Crippen LogP contribution in [0.5, 0.6) is 0 Å². The molecule has 22 nitrogen and oxygen atoms in total. The monoisotopic (exact) mass is 825 g/mol. The van der Waals surface area contributed by atoms with Gasteiger partial charge in [0.1, 0.15) is 9.79 Å². The molecule has 0 unspecified atom stereocenters. The zero-order valence-electron chi connectivity index (χ0n) is 28.7. The van der Waals surface area contributed by atoms with Gasteiger partial charge in [0.25, 0.3) is 20.2 Å². The molecule has 2 amide bonds. The Balaban J connectivity index is 0.00000620. The number of pyridine rings is 2. The summed E-state index contributed by atoms with van der Waals surface area (Å²) < 4.78 is 69.5. The minimum atomic E-state index is -4.99. The van der Waals surface area contributed by atoms with Gasteiger partial charge in [-0.2, -0.15) is 47.3 Å². The molecule has 4 aromatic rings. The molecule has 2 aromatic heterocycles. The summed E-state index contributed by atoms with van der Waals surface area (Å²) in [6.45, 7) is 0. The number of nitrogens with zero attached hydrogens (tertiary/aromatic N) is 8. The van der Waals surface area contributed by atoms with Gasteiger partial charge in [0.2, 0.25) is 11.4 Å². The standard InChI is InChI=1S/C32H22N10O12S2.Na/c43-29-25(27(31(45)46)39-41(29)23-5-1-3-13-33-23)37-35-19-11-9-17(21(15-19)55(49,50)51)7-8-18-10-12-20(16-22(18)56(52,53)54)36-38-26-28(32(47)48)40-42(30(26)44)24-6-2-4-14-34-24;/h1-16,35-36H,(H,45,46)(H,47,48)(H,49,50,51)(H,52,53,54);/b8-7+,37-25-,38-26+;. The number of amides is 2. The van der Waals surface area contributed by atoms with Gasteiger partial charge in [-0.05, 0) is 59.7 Å². The fourth-order valence-electron chi connectivity index (χ4n) is 4.90. The summed E-state index contributed by atoms with van der Waals surface area (Å²) in [6, 6.07) is 15.5. The van der Waals surface area contributed by atoms with E-state index in [-0.39, 0.29) is 63.7 Å². The number of hydrogen-bond donors (Lipinski definition) is 6. The van der Waals surface area contributed by atoms with Crippen molar-refractivity contribution in [2.24, 2.45) is 20.4 Å². The molecule has 0 saturated heterocycles. The van der Waals surface area contributed by atoms with Crippen molar-refractivity contribution in [3.05, 3.63) is 96.3 Å². The van der Waals surface area contributed by atoms with Gasteiger partial charge >= 0.3 is 23.8 Å². The molecule has 1 radical (unpaired) electrons. The molecule has 2 aliphatic heterocycles. The average molecular weight is 826 g/mol. The van der Waals surface area contributed by atoms with E-state index in [0.29, 0.717) is 10.0 Å². The van der Waals surface area contributed by atoms with E-state index < -0.39 is 76.6 Å². The molecule has 2 aliphatic rings. The summed E-state index contributed by atoms with van der Waals surface area (Å²) in [4.78, 5) is 55.9. The number of aliphatic carboxylic acids is 2. The Labute approximate surface area is 342 Å². The van der Waals surface area contributed by atoms with Crippen LogP contribution in [0, 0.1) is 0 Å². The van der Waals surface area contributed by atoms with Crippen molar-refractivity contribution in [2.75, 3.05) is 20.9 Å². The van der Waals surface area contributed by atoms with Gasteiger partial charge in [0.15, 0.2) is 23.1 Å². The van der Waals surface area contributed by atoms with Crippen LogP contribution in [0.15, 0.2) is 115 Å². The number of rotatable bonds is 12. The average Bonchev–Trinajstić information content (AvgIpc) is 3.68. The largest absolute Gasteiger partial charge is 0.476 e. The molecule has 0 atom stereocenters. The van der Waals surface area contributed by atoms with E-state index in [0.717, 1.165) is 36.4 Å². The molecule has 57 heavy (non-hydrogen) atoms. The Morgan fingerprint density at radius 1 is 0.632 bits per heavy atom. The van der Waals surface area contributed by atoms with Crippen LogP contribution in [0.3, 0.4) is 0 Å². The van der Waals surface area contributed by atoms with Crippen molar-refractivity contribution < 1.29 is 55.3 Å². The van der Waals surface area contributed by atoms with E-state index in [4.69, 9.17) is 0 Å². The maximum atomic E-state index is 12.9. The number of nitrogens with one attached hydrogen (secondary N) is 2. The number of carbonyl (C=O) groups excluding carboxylic acids is 2. The SMILES string of the molecule is O=C(O)C1=NN(c2ccccn2)C(=O)/C1=N\Nc1ccc(/C=C/c2ccc(N/N=C3/C(=O)N(c4ccccn4)N=C3C(=O)O)cc2S(=O)(=O)O)c(S(=O)(=O)O)c1.[Na]. The predicted molar refractivity (Wildman–Crippen MR) is 203 cm³/mol. The van der Waals surface area contributed by atoms with Crippen molar-refractivity contribution in [1.29, 1.82) is 0 Å². The van der Waals surface area contributed by atoms with E-state index in [1.54, 1.807) is 12.1 Å². The first kappa shape index (κ1) is 41.6. The zero-order chi connectivity index (χ0) is 40.4. The first-order valence-corrected chi connectivity index (χ1v) is 18.1. The van der Waals surface area contributed by atoms with Gasteiger partial charge in [-0.1, -0.05) is 36.4 Å². The third kappa shape index (κ3) is 9.13. The van der Waals surface area contributed by atoms with Crippen molar-refractivity contribution >= 4 is 132 Å². The normalized spacial score (nSPS) is 15.8. The minimum Gasteiger partial charge on any atom is -0.476 e. The topological polar surface area (TPSA) is 323 Å². The fraction of sp³-hybridized carbons (Fsp3) is 0. The number of carboxylic acids is 2. The molecular formula is C32H22N10NaO12S2. The molecular weight excluding hydrogens is 804 g/mol. The van der Waals surface area contributed by atoms with Crippen molar-refractivity contribution in [1.82, 2.24) is 9.97 Å². The second-order valence-corrected chi connectivity index (χ2v) is 13.8. The van der Waals surface area contributed by atoms with Crippen molar-refractivity contribution in [3.63, 3.8) is 0 Å². The van der Waals surface area contributed by atoms with E-state index in [1.807, 2.05) is 0 Å². The van der Waals surface area contributed by atoms with E-state index >= 15 is 0 Å². The van der Waals surface area contributed by atoms with Crippen LogP contribution in [-0.4, -0.2) is 122 Å². The zero-order valence-corrected chi connectivity index (χ0v) is 32.3. The Morgan fingerprint density at radius 2 is 1.02 bits per heavy atom. The summed E-state index contributed by atoms with van der Waals surface area (Å²) >= 11 is 0. The van der Waals surface area contributed by atoms with Crippen LogP contribution in [-0.2, 0) is 39.4 Å². The number of aromatic nitrogens is 2. The van der Waals surface area contributed by atoms with Gasteiger partial charge in [-0.3, -0.25) is 29.5 Å². The third-order valence-corrected chi connectivity index (χ3v) is 9.21. The molecule has 6 rings (SSSR count). The van der Waals surface area contributed by atoms with Crippen LogP contribution in [0.4, 0.5) is 23.0 Å². The number of hydrazone groups is 4. The summed E-state index contributed by atoms with van der Waals surface area (Å²) in [7, 11) is -9.99.